The van der Waals surface area contributed by atoms with Crippen LogP contribution in [0.2, 0.25) is 10.0 Å². The summed E-state index contributed by atoms with van der Waals surface area (Å²) in [5.74, 6) is 0.857. The molecule has 0 fully saturated rings. The second kappa shape index (κ2) is 6.04. The lowest BCUT2D eigenvalue weighted by Crippen LogP contribution is -2.14. The Labute approximate surface area is 129 Å². The molecule has 0 aliphatic carbocycles. The molecule has 2 aromatic rings. The summed E-state index contributed by atoms with van der Waals surface area (Å²) in [5, 5.41) is 1.03. The van der Waals surface area contributed by atoms with E-state index >= 15 is 0 Å². The Morgan fingerprint density at radius 3 is 2.40 bits per heavy atom. The van der Waals surface area contributed by atoms with Crippen LogP contribution >= 0.6 is 23.2 Å². The number of methoxy groups -OCH3 is 1. The first-order chi connectivity index (χ1) is 9.45. The van der Waals surface area contributed by atoms with Crippen molar-refractivity contribution in [3.63, 3.8) is 0 Å². The zero-order valence-electron chi connectivity index (χ0n) is 11.7. The van der Waals surface area contributed by atoms with Crippen molar-refractivity contribution in [3.8, 4) is 5.75 Å². The van der Waals surface area contributed by atoms with Gasteiger partial charge in [-0.05, 0) is 48.2 Å². The number of hydrogen-bond donors (Lipinski definition) is 1. The van der Waals surface area contributed by atoms with Crippen LogP contribution < -0.4 is 10.5 Å². The molecule has 4 heteroatoms. The molecule has 0 radical (unpaired) electrons. The van der Waals surface area contributed by atoms with Gasteiger partial charge in [0.1, 0.15) is 5.75 Å². The molecule has 2 N–H and O–H groups in total. The topological polar surface area (TPSA) is 35.2 Å². The van der Waals surface area contributed by atoms with Crippen molar-refractivity contribution in [2.45, 2.75) is 19.9 Å². The lowest BCUT2D eigenvalue weighted by molar-refractivity contribution is 0.411. The van der Waals surface area contributed by atoms with Crippen LogP contribution in [0.3, 0.4) is 0 Å². The van der Waals surface area contributed by atoms with Gasteiger partial charge in [0.05, 0.1) is 23.2 Å². The summed E-state index contributed by atoms with van der Waals surface area (Å²) >= 11 is 12.3. The average Bonchev–Trinajstić information content (AvgIpc) is 2.43. The Balaban J connectivity index is 2.51. The highest BCUT2D eigenvalue weighted by molar-refractivity contribution is 6.42. The predicted octanol–water partition coefficient (Wildman–Crippen LogP) is 4.67. The normalized spacial score (nSPS) is 12.3. The van der Waals surface area contributed by atoms with Gasteiger partial charge in [0.2, 0.25) is 0 Å². The molecule has 20 heavy (non-hydrogen) atoms. The van der Waals surface area contributed by atoms with Crippen molar-refractivity contribution in [2.75, 3.05) is 7.11 Å². The lowest BCUT2D eigenvalue weighted by atomic mass is 9.94. The zero-order chi connectivity index (χ0) is 14.9. The summed E-state index contributed by atoms with van der Waals surface area (Å²) in [6.07, 6.45) is 0. The van der Waals surface area contributed by atoms with E-state index in [0.717, 1.165) is 28.0 Å². The molecule has 0 aromatic heterocycles. The van der Waals surface area contributed by atoms with Gasteiger partial charge in [-0.25, -0.2) is 0 Å². The highest BCUT2D eigenvalue weighted by Crippen LogP contribution is 2.34. The van der Waals surface area contributed by atoms with E-state index in [1.165, 1.54) is 0 Å². The van der Waals surface area contributed by atoms with Crippen molar-refractivity contribution in [1.82, 2.24) is 0 Å². The Bertz CT molecular complexity index is 641. The summed E-state index contributed by atoms with van der Waals surface area (Å²) in [7, 11) is 1.66. The third kappa shape index (κ3) is 2.78. The zero-order valence-corrected chi connectivity index (χ0v) is 13.2. The van der Waals surface area contributed by atoms with Gasteiger partial charge in [-0.3, -0.25) is 0 Å². The van der Waals surface area contributed by atoms with Crippen LogP contribution in [-0.2, 0) is 0 Å². The molecule has 2 nitrogen and oxygen atoms in total. The standard InChI is InChI=1S/C16H17Cl2NO/c1-9-8-14(20-3)10(2)7-12(9)16(19)11-5-4-6-13(17)15(11)18/h4-8,16H,19H2,1-3H3. The molecule has 2 aromatic carbocycles. The van der Waals surface area contributed by atoms with Gasteiger partial charge in [0.25, 0.3) is 0 Å². The van der Waals surface area contributed by atoms with Crippen LogP contribution in [-0.4, -0.2) is 7.11 Å². The summed E-state index contributed by atoms with van der Waals surface area (Å²) in [4.78, 5) is 0. The first-order valence-electron chi connectivity index (χ1n) is 6.30. The third-order valence-electron chi connectivity index (χ3n) is 3.44. The smallest absolute Gasteiger partial charge is 0.122 e. The second-order valence-corrected chi connectivity index (χ2v) is 5.58. The number of benzene rings is 2. The number of ether oxygens (including phenoxy) is 1. The van der Waals surface area contributed by atoms with Crippen LogP contribution in [0, 0.1) is 13.8 Å². The maximum absolute atomic E-state index is 6.36. The van der Waals surface area contributed by atoms with Crippen LogP contribution in [0.25, 0.3) is 0 Å². The van der Waals surface area contributed by atoms with Gasteiger partial charge >= 0.3 is 0 Å². The molecule has 106 valence electrons. The highest BCUT2D eigenvalue weighted by Gasteiger charge is 2.17. The minimum atomic E-state index is -0.314. The molecule has 0 bridgehead atoms. The first kappa shape index (κ1) is 15.2. The number of nitrogens with two attached hydrogens (primary N) is 1. The van der Waals surface area contributed by atoms with Gasteiger partial charge in [0.15, 0.2) is 0 Å². The third-order valence-corrected chi connectivity index (χ3v) is 4.27. The summed E-state index contributed by atoms with van der Waals surface area (Å²) in [5.41, 5.74) is 10.3. The highest BCUT2D eigenvalue weighted by atomic mass is 35.5. The van der Waals surface area contributed by atoms with Gasteiger partial charge in [-0.1, -0.05) is 41.4 Å². The molecule has 0 aliphatic heterocycles. The van der Waals surface area contributed by atoms with Gasteiger partial charge in [-0.2, -0.15) is 0 Å². The Morgan fingerprint density at radius 2 is 1.75 bits per heavy atom. The van der Waals surface area contributed by atoms with Gasteiger partial charge < -0.3 is 10.5 Å². The van der Waals surface area contributed by atoms with Crippen LogP contribution in [0.15, 0.2) is 30.3 Å². The molecule has 2 rings (SSSR count). The van der Waals surface area contributed by atoms with Crippen molar-refractivity contribution in [3.05, 3.63) is 62.6 Å². The van der Waals surface area contributed by atoms with E-state index in [4.69, 9.17) is 33.7 Å². The molecule has 1 unspecified atom stereocenters. The molecule has 1 atom stereocenters. The minimum Gasteiger partial charge on any atom is -0.496 e. The van der Waals surface area contributed by atoms with Crippen molar-refractivity contribution < 1.29 is 4.74 Å². The second-order valence-electron chi connectivity index (χ2n) is 4.80. The molecule has 0 saturated carbocycles. The molecular formula is C16H17Cl2NO. The summed E-state index contributed by atoms with van der Waals surface area (Å²) < 4.78 is 5.32. The minimum absolute atomic E-state index is 0.314. The molecular weight excluding hydrogens is 293 g/mol. The molecule has 0 amide bonds. The lowest BCUT2D eigenvalue weighted by Gasteiger charge is -2.19. The van der Waals surface area contributed by atoms with E-state index in [9.17, 15) is 0 Å². The van der Waals surface area contributed by atoms with Crippen molar-refractivity contribution in [1.29, 1.82) is 0 Å². The average molecular weight is 310 g/mol. The monoisotopic (exact) mass is 309 g/mol. The number of rotatable bonds is 3. The fraction of sp³-hybridized carbons (Fsp3) is 0.250. The Kier molecular flexibility index (Phi) is 4.59. The predicted molar refractivity (Wildman–Crippen MR) is 85.0 cm³/mol. The van der Waals surface area contributed by atoms with Crippen LogP contribution in [0.4, 0.5) is 0 Å². The van der Waals surface area contributed by atoms with E-state index in [1.807, 2.05) is 38.1 Å². The van der Waals surface area contributed by atoms with Crippen molar-refractivity contribution in [2.24, 2.45) is 5.73 Å². The molecule has 0 saturated heterocycles. The number of halogens is 2. The SMILES string of the molecule is COc1cc(C)c(C(N)c2cccc(Cl)c2Cl)cc1C. The molecule has 0 heterocycles. The largest absolute Gasteiger partial charge is 0.496 e. The van der Waals surface area contributed by atoms with E-state index in [-0.39, 0.29) is 6.04 Å². The molecule has 0 aliphatic rings. The van der Waals surface area contributed by atoms with Gasteiger partial charge in [0, 0.05) is 0 Å². The molecule has 0 spiro atoms. The van der Waals surface area contributed by atoms with Crippen LogP contribution in [0.1, 0.15) is 28.3 Å². The van der Waals surface area contributed by atoms with E-state index in [2.05, 4.69) is 0 Å². The van der Waals surface area contributed by atoms with Gasteiger partial charge in [-0.15, -0.1) is 0 Å². The maximum Gasteiger partial charge on any atom is 0.122 e. The van der Waals surface area contributed by atoms with E-state index < -0.39 is 0 Å². The maximum atomic E-state index is 6.36. The number of aryl methyl sites for hydroxylation is 2. The summed E-state index contributed by atoms with van der Waals surface area (Å²) in [6, 6.07) is 9.23. The quantitative estimate of drug-likeness (QED) is 0.894. The van der Waals surface area contributed by atoms with Crippen molar-refractivity contribution >= 4 is 23.2 Å². The summed E-state index contributed by atoms with van der Waals surface area (Å²) in [6.45, 7) is 4.00. The number of hydrogen-bond acceptors (Lipinski definition) is 2. The fourth-order valence-corrected chi connectivity index (χ4v) is 2.72. The Hall–Kier alpha value is -1.22. The first-order valence-corrected chi connectivity index (χ1v) is 7.06. The van der Waals surface area contributed by atoms with Crippen LogP contribution in [0.5, 0.6) is 5.75 Å². The van der Waals surface area contributed by atoms with E-state index in [0.29, 0.717) is 10.0 Å². The van der Waals surface area contributed by atoms with E-state index in [1.54, 1.807) is 13.2 Å². The fourth-order valence-electron chi connectivity index (χ4n) is 2.30. The Morgan fingerprint density at radius 1 is 1.05 bits per heavy atom.